The number of carboxylic acid groups (broad SMARTS) is 5. The van der Waals surface area contributed by atoms with E-state index < -0.39 is 68.7 Å². The molecule has 0 rings (SSSR count). The molecule has 0 aliphatic heterocycles. The van der Waals surface area contributed by atoms with Gasteiger partial charge in [-0.25, -0.2) is 0 Å². The second-order valence-corrected chi connectivity index (χ2v) is 5.89. The molecule has 0 heterocycles. The van der Waals surface area contributed by atoms with E-state index >= 15 is 0 Å². The maximum absolute atomic E-state index is 11.0. The Labute approximate surface area is 159 Å². The van der Waals surface area contributed by atoms with Crippen LogP contribution in [0.5, 0.6) is 0 Å². The number of hydrogen-bond donors (Lipinski definition) is 6. The Bertz CT molecular complexity index is 552. The van der Waals surface area contributed by atoms with Crippen LogP contribution in [0.4, 0.5) is 0 Å². The first-order valence-corrected chi connectivity index (χ1v) is 7.94. The molecule has 14 nitrogen and oxygen atoms in total. The van der Waals surface area contributed by atoms with Crippen LogP contribution in [0.15, 0.2) is 0 Å². The highest BCUT2D eigenvalue weighted by atomic mass is 16.4. The van der Waals surface area contributed by atoms with Crippen LogP contribution in [0.2, 0.25) is 0 Å². The average molecular weight is 408 g/mol. The van der Waals surface area contributed by atoms with E-state index in [1.165, 1.54) is 4.90 Å². The quantitative estimate of drug-likeness (QED) is 0.137. The Morgan fingerprint density at radius 3 is 1.29 bits per heavy atom. The molecule has 0 fully saturated rings. The number of rotatable bonds is 16. The molecule has 28 heavy (non-hydrogen) atoms. The Kier molecular flexibility index (Phi) is 11.3. The highest BCUT2D eigenvalue weighted by Crippen LogP contribution is 2.00. The fourth-order valence-corrected chi connectivity index (χ4v) is 2.32. The maximum Gasteiger partial charge on any atom is 0.317 e. The Morgan fingerprint density at radius 1 is 0.607 bits per heavy atom. The van der Waals surface area contributed by atoms with E-state index in [1.807, 2.05) is 0 Å². The first-order chi connectivity index (χ1) is 12.9. The van der Waals surface area contributed by atoms with E-state index in [2.05, 4.69) is 0 Å². The highest BCUT2D eigenvalue weighted by Gasteiger charge is 2.24. The Hall–Kier alpha value is -2.81. The molecule has 0 aromatic heterocycles. The molecular weight excluding hydrogens is 384 g/mol. The third-order valence-corrected chi connectivity index (χ3v) is 3.40. The molecule has 0 bridgehead atoms. The lowest BCUT2D eigenvalue weighted by molar-refractivity contribution is -0.144. The molecule has 0 spiro atoms. The summed E-state index contributed by atoms with van der Waals surface area (Å²) in [6.07, 6.45) is -1.14. The lowest BCUT2D eigenvalue weighted by Crippen LogP contribution is -2.54. The van der Waals surface area contributed by atoms with Crippen LogP contribution in [0.25, 0.3) is 0 Å². The molecule has 0 aliphatic rings. The first kappa shape index (κ1) is 25.2. The summed E-state index contributed by atoms with van der Waals surface area (Å²) in [4.78, 5) is 57.6. The van der Waals surface area contributed by atoms with Gasteiger partial charge >= 0.3 is 29.8 Å². The van der Waals surface area contributed by atoms with Crippen LogP contribution < -0.4 is 5.73 Å². The number of carbonyl (C=O) groups is 5. The van der Waals surface area contributed by atoms with Crippen molar-refractivity contribution in [3.05, 3.63) is 0 Å². The number of nitrogens with zero attached hydrogens (tertiary/aromatic N) is 3. The van der Waals surface area contributed by atoms with Gasteiger partial charge in [0.2, 0.25) is 0 Å². The third kappa shape index (κ3) is 12.5. The highest BCUT2D eigenvalue weighted by molar-refractivity contribution is 5.73. The summed E-state index contributed by atoms with van der Waals surface area (Å²) in [5.41, 5.74) is 5.82. The molecule has 1 unspecified atom stereocenters. The summed E-state index contributed by atoms with van der Waals surface area (Å²) in [6, 6.07) is 0. The normalized spacial score (nSPS) is 12.3. The van der Waals surface area contributed by atoms with Gasteiger partial charge in [-0.2, -0.15) is 0 Å². The summed E-state index contributed by atoms with van der Waals surface area (Å²) in [5.74, 6) is -6.43. The fraction of sp³-hybridized carbons (Fsp3) is 0.643. The zero-order valence-corrected chi connectivity index (χ0v) is 14.9. The summed E-state index contributed by atoms with van der Waals surface area (Å²) in [6.45, 7) is -3.51. The molecule has 0 radical (unpaired) electrons. The van der Waals surface area contributed by atoms with Crippen molar-refractivity contribution in [2.75, 3.05) is 52.4 Å². The van der Waals surface area contributed by atoms with Gasteiger partial charge in [-0.05, 0) is 0 Å². The van der Waals surface area contributed by atoms with Crippen molar-refractivity contribution >= 4 is 29.8 Å². The van der Waals surface area contributed by atoms with Crippen molar-refractivity contribution in [3.8, 4) is 0 Å². The van der Waals surface area contributed by atoms with Crippen molar-refractivity contribution in [2.24, 2.45) is 5.73 Å². The van der Waals surface area contributed by atoms with E-state index in [0.29, 0.717) is 0 Å². The minimum atomic E-state index is -1.32. The number of hydrogen-bond acceptors (Lipinski definition) is 9. The summed E-state index contributed by atoms with van der Waals surface area (Å²) in [7, 11) is 0. The second-order valence-electron chi connectivity index (χ2n) is 5.89. The van der Waals surface area contributed by atoms with Crippen molar-refractivity contribution in [1.82, 2.24) is 14.7 Å². The van der Waals surface area contributed by atoms with Crippen molar-refractivity contribution < 1.29 is 49.5 Å². The van der Waals surface area contributed by atoms with Gasteiger partial charge in [0.25, 0.3) is 0 Å². The van der Waals surface area contributed by atoms with E-state index in [4.69, 9.17) is 31.3 Å². The second kappa shape index (κ2) is 12.6. The van der Waals surface area contributed by atoms with Crippen LogP contribution in [0, 0.1) is 0 Å². The van der Waals surface area contributed by atoms with Gasteiger partial charge in [0.05, 0.1) is 38.9 Å². The molecule has 0 aliphatic carbocycles. The van der Waals surface area contributed by atoms with E-state index in [0.717, 1.165) is 9.80 Å². The lowest BCUT2D eigenvalue weighted by atomic mass is 10.3. The van der Waals surface area contributed by atoms with Gasteiger partial charge in [-0.3, -0.25) is 38.7 Å². The third-order valence-electron chi connectivity index (χ3n) is 3.40. The van der Waals surface area contributed by atoms with Crippen LogP contribution in [0.3, 0.4) is 0 Å². The predicted octanol–water partition coefficient (Wildman–Crippen LogP) is -3.40. The summed E-state index contributed by atoms with van der Waals surface area (Å²) < 4.78 is 0. The maximum atomic E-state index is 11.0. The van der Waals surface area contributed by atoms with Gasteiger partial charge in [0.1, 0.15) is 0 Å². The smallest absolute Gasteiger partial charge is 0.317 e. The molecule has 160 valence electrons. The molecule has 7 N–H and O–H groups in total. The van der Waals surface area contributed by atoms with Crippen LogP contribution in [-0.2, 0) is 24.0 Å². The van der Waals surface area contributed by atoms with Crippen molar-refractivity contribution in [3.63, 3.8) is 0 Å². The number of carboxylic acids is 5. The molecule has 0 aromatic carbocycles. The van der Waals surface area contributed by atoms with Gasteiger partial charge in [0.15, 0.2) is 0 Å². The average Bonchev–Trinajstić information content (AvgIpc) is 2.49. The zero-order valence-electron chi connectivity index (χ0n) is 14.9. The Balaban J connectivity index is 5.08. The minimum absolute atomic E-state index is 0.0887. The molecule has 0 amide bonds. The molecule has 0 saturated carbocycles. The van der Waals surface area contributed by atoms with E-state index in [-0.39, 0.29) is 19.6 Å². The first-order valence-electron chi connectivity index (χ1n) is 7.94. The van der Waals surface area contributed by atoms with Gasteiger partial charge in [0, 0.05) is 19.6 Å². The molecule has 1 atom stereocenters. The van der Waals surface area contributed by atoms with Crippen LogP contribution in [-0.4, -0.2) is 129 Å². The van der Waals surface area contributed by atoms with Gasteiger partial charge < -0.3 is 31.3 Å². The standard InChI is InChI=1S/C14H24N4O10/c15-9(18(7-13(25)26)8-14(27)28)3-16(4-10(19)20)1-2-17(5-11(21)22)6-12(23)24/h9H,1-8,15H2,(H,19,20)(H,21,22)(H,23,24)(H,25,26)(H,27,28). The minimum Gasteiger partial charge on any atom is -0.480 e. The number of nitrogens with two attached hydrogens (primary N) is 1. The largest absolute Gasteiger partial charge is 0.480 e. The number of aliphatic carboxylic acids is 5. The summed E-state index contributed by atoms with van der Waals surface area (Å²) in [5, 5.41) is 44.3. The van der Waals surface area contributed by atoms with Gasteiger partial charge in [-0.15, -0.1) is 0 Å². The SMILES string of the molecule is NC(CN(CCN(CC(=O)O)CC(=O)O)CC(=O)O)N(CC(=O)O)CC(=O)O. The zero-order chi connectivity index (χ0) is 21.9. The van der Waals surface area contributed by atoms with Crippen molar-refractivity contribution in [1.29, 1.82) is 0 Å². The van der Waals surface area contributed by atoms with Crippen LogP contribution in [0.1, 0.15) is 0 Å². The van der Waals surface area contributed by atoms with Gasteiger partial charge in [-0.1, -0.05) is 0 Å². The van der Waals surface area contributed by atoms with E-state index in [1.54, 1.807) is 0 Å². The summed E-state index contributed by atoms with van der Waals surface area (Å²) >= 11 is 0. The predicted molar refractivity (Wildman–Crippen MR) is 90.6 cm³/mol. The van der Waals surface area contributed by atoms with Crippen LogP contribution >= 0.6 is 0 Å². The lowest BCUT2D eigenvalue weighted by Gasteiger charge is -2.31. The molecule has 14 heteroatoms. The molecular formula is C14H24N4O10. The fourth-order valence-electron chi connectivity index (χ4n) is 2.32. The Morgan fingerprint density at radius 2 is 0.929 bits per heavy atom. The van der Waals surface area contributed by atoms with Crippen molar-refractivity contribution in [2.45, 2.75) is 6.17 Å². The van der Waals surface area contributed by atoms with E-state index in [9.17, 15) is 24.0 Å². The monoisotopic (exact) mass is 408 g/mol. The topological polar surface area (TPSA) is 222 Å². The molecule has 0 aromatic rings. The molecule has 0 saturated heterocycles.